The number of carbonyl (C=O) groups is 2. The van der Waals surface area contributed by atoms with Crippen molar-refractivity contribution in [2.45, 2.75) is 0 Å². The topological polar surface area (TPSA) is 76.1 Å². The third-order valence-corrected chi connectivity index (χ3v) is 2.41. The smallest absolute Gasteiger partial charge is 0.335 e. The Kier molecular flexibility index (Phi) is 2.97. The molecule has 0 unspecified atom stereocenters. The number of nitrogens with zero attached hydrogens (tertiary/aromatic N) is 1. The molecule has 2 rings (SSSR count). The highest BCUT2D eigenvalue weighted by Crippen LogP contribution is 2.32. The molecule has 0 spiro atoms. The van der Waals surface area contributed by atoms with Crippen LogP contribution in [-0.2, 0) is 9.53 Å². The van der Waals surface area contributed by atoms with Crippen molar-refractivity contribution in [2.75, 3.05) is 25.3 Å². The number of carbonyl (C=O) groups excluding carboxylic acids is 1. The van der Waals surface area contributed by atoms with Crippen LogP contribution in [0.1, 0.15) is 10.4 Å². The normalized spacial score (nSPS) is 14.2. The molecule has 0 fully saturated rings. The monoisotopic (exact) mass is 237 g/mol. The van der Waals surface area contributed by atoms with Crippen molar-refractivity contribution in [3.63, 3.8) is 0 Å². The van der Waals surface area contributed by atoms with E-state index in [1.165, 1.54) is 30.2 Å². The van der Waals surface area contributed by atoms with Crippen LogP contribution in [0.4, 0.5) is 5.69 Å². The molecule has 1 heterocycles. The first-order valence-corrected chi connectivity index (χ1v) is 4.93. The Morgan fingerprint density at radius 3 is 3.00 bits per heavy atom. The summed E-state index contributed by atoms with van der Waals surface area (Å²) in [5.41, 5.74) is 0.642. The summed E-state index contributed by atoms with van der Waals surface area (Å²) in [5, 5.41) is 8.85. The lowest BCUT2D eigenvalue weighted by Crippen LogP contribution is -2.40. The summed E-state index contributed by atoms with van der Waals surface area (Å²) in [5.74, 6) is -0.879. The molecule has 0 atom stereocenters. The van der Waals surface area contributed by atoms with Gasteiger partial charge in [0.2, 0.25) is 0 Å². The van der Waals surface area contributed by atoms with E-state index in [-0.39, 0.29) is 24.8 Å². The van der Waals surface area contributed by atoms with Gasteiger partial charge < -0.3 is 14.6 Å². The quantitative estimate of drug-likeness (QED) is 0.838. The molecule has 0 aliphatic carbocycles. The largest absolute Gasteiger partial charge is 0.482 e. The fourth-order valence-electron chi connectivity index (χ4n) is 1.61. The molecule has 6 heteroatoms. The van der Waals surface area contributed by atoms with Gasteiger partial charge in [0, 0.05) is 7.11 Å². The van der Waals surface area contributed by atoms with Gasteiger partial charge >= 0.3 is 5.97 Å². The molecule has 1 aromatic rings. The zero-order valence-electron chi connectivity index (χ0n) is 9.17. The Morgan fingerprint density at radius 2 is 2.35 bits per heavy atom. The molecule has 90 valence electrons. The van der Waals surface area contributed by atoms with Crippen LogP contribution in [0.3, 0.4) is 0 Å². The summed E-state index contributed by atoms with van der Waals surface area (Å²) in [4.78, 5) is 23.8. The van der Waals surface area contributed by atoms with Crippen LogP contribution in [0.5, 0.6) is 5.75 Å². The van der Waals surface area contributed by atoms with E-state index in [1.54, 1.807) is 0 Å². The van der Waals surface area contributed by atoms with E-state index in [2.05, 4.69) is 0 Å². The van der Waals surface area contributed by atoms with Crippen LogP contribution < -0.4 is 9.64 Å². The molecule has 1 aliphatic heterocycles. The average molecular weight is 237 g/mol. The SMILES string of the molecule is COCN1C(=O)COc2cc(C(=O)O)ccc21. The van der Waals surface area contributed by atoms with Gasteiger partial charge in [0.15, 0.2) is 6.61 Å². The number of methoxy groups -OCH3 is 1. The molecule has 1 N–H and O–H groups in total. The second kappa shape index (κ2) is 4.42. The Balaban J connectivity index is 2.40. The van der Waals surface area contributed by atoms with Gasteiger partial charge in [0.1, 0.15) is 12.5 Å². The molecule has 1 aliphatic rings. The van der Waals surface area contributed by atoms with Gasteiger partial charge in [0.25, 0.3) is 5.91 Å². The first-order valence-electron chi connectivity index (χ1n) is 4.93. The minimum absolute atomic E-state index is 0.112. The summed E-state index contributed by atoms with van der Waals surface area (Å²) in [6, 6.07) is 4.35. The highest BCUT2D eigenvalue weighted by atomic mass is 16.5. The van der Waals surface area contributed by atoms with E-state index in [0.717, 1.165) is 0 Å². The summed E-state index contributed by atoms with van der Waals surface area (Å²) in [7, 11) is 1.48. The third-order valence-electron chi connectivity index (χ3n) is 2.41. The first-order chi connectivity index (χ1) is 8.13. The number of fused-ring (bicyclic) bond motifs is 1. The summed E-state index contributed by atoms with van der Waals surface area (Å²) in [6.07, 6.45) is 0. The first kappa shape index (κ1) is 11.4. The van der Waals surface area contributed by atoms with E-state index in [1.807, 2.05) is 0 Å². The molecule has 0 saturated heterocycles. The van der Waals surface area contributed by atoms with E-state index in [9.17, 15) is 9.59 Å². The highest BCUT2D eigenvalue weighted by Gasteiger charge is 2.26. The molecular weight excluding hydrogens is 226 g/mol. The second-order valence-corrected chi connectivity index (χ2v) is 3.52. The molecule has 1 aromatic carbocycles. The number of carboxylic acid groups (broad SMARTS) is 1. The second-order valence-electron chi connectivity index (χ2n) is 3.52. The molecule has 0 saturated carbocycles. The summed E-state index contributed by atoms with van der Waals surface area (Å²) >= 11 is 0. The van der Waals surface area contributed by atoms with Crippen LogP contribution in [-0.4, -0.2) is 37.4 Å². The van der Waals surface area contributed by atoms with E-state index < -0.39 is 5.97 Å². The van der Waals surface area contributed by atoms with Gasteiger partial charge in [-0.2, -0.15) is 0 Å². The molecule has 0 radical (unpaired) electrons. The number of ether oxygens (including phenoxy) is 2. The Hall–Kier alpha value is -2.08. The van der Waals surface area contributed by atoms with E-state index >= 15 is 0 Å². The fourth-order valence-corrected chi connectivity index (χ4v) is 1.61. The number of hydrogen-bond donors (Lipinski definition) is 1. The number of anilines is 1. The van der Waals surface area contributed by atoms with Crippen molar-refractivity contribution in [1.82, 2.24) is 0 Å². The molecule has 6 nitrogen and oxygen atoms in total. The van der Waals surface area contributed by atoms with Gasteiger partial charge in [0.05, 0.1) is 11.3 Å². The van der Waals surface area contributed by atoms with Crippen LogP contribution in [0.2, 0.25) is 0 Å². The molecule has 0 bridgehead atoms. The summed E-state index contributed by atoms with van der Waals surface area (Å²) < 4.78 is 10.1. The number of amides is 1. The van der Waals surface area contributed by atoms with Crippen molar-refractivity contribution in [3.05, 3.63) is 23.8 Å². The zero-order chi connectivity index (χ0) is 12.4. The van der Waals surface area contributed by atoms with Crippen LogP contribution >= 0.6 is 0 Å². The number of benzene rings is 1. The zero-order valence-corrected chi connectivity index (χ0v) is 9.17. The Labute approximate surface area is 97.4 Å². The fraction of sp³-hybridized carbons (Fsp3) is 0.273. The van der Waals surface area contributed by atoms with Crippen molar-refractivity contribution >= 4 is 17.6 Å². The molecule has 1 amide bonds. The van der Waals surface area contributed by atoms with Gasteiger partial charge in [-0.25, -0.2) is 4.79 Å². The van der Waals surface area contributed by atoms with Gasteiger partial charge in [-0.15, -0.1) is 0 Å². The minimum atomic E-state index is -1.04. The lowest BCUT2D eigenvalue weighted by Gasteiger charge is -2.28. The van der Waals surface area contributed by atoms with E-state index in [4.69, 9.17) is 14.6 Å². The average Bonchev–Trinajstić information content (AvgIpc) is 2.32. The lowest BCUT2D eigenvalue weighted by molar-refractivity contribution is -0.122. The maximum atomic E-state index is 11.6. The number of carboxylic acids is 1. The van der Waals surface area contributed by atoms with Crippen molar-refractivity contribution in [1.29, 1.82) is 0 Å². The number of aromatic carboxylic acids is 1. The van der Waals surface area contributed by atoms with Crippen LogP contribution in [0.25, 0.3) is 0 Å². The molecule has 17 heavy (non-hydrogen) atoms. The van der Waals surface area contributed by atoms with Crippen LogP contribution in [0, 0.1) is 0 Å². The maximum absolute atomic E-state index is 11.6. The van der Waals surface area contributed by atoms with Crippen LogP contribution in [0.15, 0.2) is 18.2 Å². The maximum Gasteiger partial charge on any atom is 0.335 e. The molecular formula is C11H11NO5. The van der Waals surface area contributed by atoms with Crippen molar-refractivity contribution in [2.24, 2.45) is 0 Å². The molecule has 0 aromatic heterocycles. The third kappa shape index (κ3) is 2.07. The van der Waals surface area contributed by atoms with Gasteiger partial charge in [-0.05, 0) is 18.2 Å². The Bertz CT molecular complexity index is 471. The predicted molar refractivity (Wildman–Crippen MR) is 58.3 cm³/mol. The van der Waals surface area contributed by atoms with Gasteiger partial charge in [-0.3, -0.25) is 9.69 Å². The number of hydrogen-bond acceptors (Lipinski definition) is 4. The summed E-state index contributed by atoms with van der Waals surface area (Å²) in [6.45, 7) is 0.00104. The standard InChI is InChI=1S/C11H11NO5/c1-16-6-12-8-3-2-7(11(14)15)4-9(8)17-5-10(12)13/h2-4H,5-6H2,1H3,(H,14,15). The number of rotatable bonds is 3. The predicted octanol–water partition coefficient (Wildman–Crippen LogP) is 0.714. The van der Waals surface area contributed by atoms with E-state index in [0.29, 0.717) is 11.4 Å². The minimum Gasteiger partial charge on any atom is -0.482 e. The van der Waals surface area contributed by atoms with Crippen molar-refractivity contribution < 1.29 is 24.2 Å². The highest BCUT2D eigenvalue weighted by molar-refractivity contribution is 5.99. The van der Waals surface area contributed by atoms with Crippen molar-refractivity contribution in [3.8, 4) is 5.75 Å². The lowest BCUT2D eigenvalue weighted by atomic mass is 10.1. The van der Waals surface area contributed by atoms with Gasteiger partial charge in [-0.1, -0.05) is 0 Å². The Morgan fingerprint density at radius 1 is 1.59 bits per heavy atom.